The summed E-state index contributed by atoms with van der Waals surface area (Å²) in [6.45, 7) is 6.97. The van der Waals surface area contributed by atoms with Gasteiger partial charge in [0.15, 0.2) is 11.6 Å². The number of carbonyl (C=O) groups excluding carboxylic acids is 1. The lowest BCUT2D eigenvalue weighted by Gasteiger charge is -2.53. The fourth-order valence-electron chi connectivity index (χ4n) is 6.07. The first kappa shape index (κ1) is 17.9. The molecule has 26 heavy (non-hydrogen) atoms. The fourth-order valence-corrected chi connectivity index (χ4v) is 6.07. The van der Waals surface area contributed by atoms with Crippen LogP contribution in [0.25, 0.3) is 0 Å². The topological polar surface area (TPSA) is 38.3 Å². The molecule has 5 heteroatoms. The van der Waals surface area contributed by atoms with Crippen molar-refractivity contribution >= 4 is 5.91 Å². The second kappa shape index (κ2) is 6.01. The summed E-state index contributed by atoms with van der Waals surface area (Å²) in [5.41, 5.74) is 0.725. The summed E-state index contributed by atoms with van der Waals surface area (Å²) in [5, 5.41) is 3.30. The van der Waals surface area contributed by atoms with Gasteiger partial charge in [-0.15, -0.1) is 0 Å². The smallest absolute Gasteiger partial charge is 0.219 e. The maximum atomic E-state index is 13.8. The summed E-state index contributed by atoms with van der Waals surface area (Å²) in [5.74, 6) is -0.850. The van der Waals surface area contributed by atoms with Crippen LogP contribution < -0.4 is 5.32 Å². The maximum absolute atomic E-state index is 13.8. The molecule has 0 aromatic heterocycles. The van der Waals surface area contributed by atoms with Crippen LogP contribution in [-0.2, 0) is 9.53 Å². The summed E-state index contributed by atoms with van der Waals surface area (Å²) in [4.78, 5) is 12.2. The number of benzene rings is 1. The molecule has 1 heterocycles. The molecule has 3 aliphatic rings. The second-order valence-electron chi connectivity index (χ2n) is 8.87. The van der Waals surface area contributed by atoms with Crippen molar-refractivity contribution in [3.63, 3.8) is 0 Å². The van der Waals surface area contributed by atoms with E-state index in [1.165, 1.54) is 12.1 Å². The molecule has 1 aliphatic heterocycles. The van der Waals surface area contributed by atoms with Crippen molar-refractivity contribution in [3.8, 4) is 0 Å². The SMILES string of the molecule is CCC(=O)N[C@@H]1C(C)(C)[C@@H]2C[C@@H]3[C@@H](c4ccc(F)c(F)c4)OCCC31C2. The van der Waals surface area contributed by atoms with Crippen LogP contribution in [0.5, 0.6) is 0 Å². The molecule has 142 valence electrons. The van der Waals surface area contributed by atoms with E-state index in [2.05, 4.69) is 19.2 Å². The van der Waals surface area contributed by atoms with Crippen molar-refractivity contribution in [2.24, 2.45) is 22.7 Å². The van der Waals surface area contributed by atoms with Gasteiger partial charge in [-0.3, -0.25) is 4.79 Å². The van der Waals surface area contributed by atoms with Gasteiger partial charge in [0.25, 0.3) is 0 Å². The number of hydrogen-bond donors (Lipinski definition) is 1. The minimum absolute atomic E-state index is 0.0211. The van der Waals surface area contributed by atoms with Crippen LogP contribution in [0, 0.1) is 34.3 Å². The lowest BCUT2D eigenvalue weighted by molar-refractivity contribution is -0.137. The third-order valence-corrected chi connectivity index (χ3v) is 7.40. The van der Waals surface area contributed by atoms with Gasteiger partial charge in [0.05, 0.1) is 6.10 Å². The highest BCUT2D eigenvalue weighted by atomic mass is 19.2. The van der Waals surface area contributed by atoms with E-state index in [0.717, 1.165) is 19.3 Å². The third-order valence-electron chi connectivity index (χ3n) is 7.40. The summed E-state index contributed by atoms with van der Waals surface area (Å²) in [7, 11) is 0. The number of hydrogen-bond acceptors (Lipinski definition) is 2. The Kier molecular flexibility index (Phi) is 4.14. The zero-order valence-corrected chi connectivity index (χ0v) is 15.6. The molecule has 3 fully saturated rings. The van der Waals surface area contributed by atoms with Gasteiger partial charge in [0.1, 0.15) is 0 Å². The Morgan fingerprint density at radius 3 is 2.77 bits per heavy atom. The number of fused-ring (bicyclic) bond motifs is 1. The van der Waals surface area contributed by atoms with Gasteiger partial charge in [-0.1, -0.05) is 26.8 Å². The van der Waals surface area contributed by atoms with E-state index in [4.69, 9.17) is 4.74 Å². The van der Waals surface area contributed by atoms with Crippen molar-refractivity contribution in [2.75, 3.05) is 6.61 Å². The predicted molar refractivity (Wildman–Crippen MR) is 94.3 cm³/mol. The van der Waals surface area contributed by atoms with Gasteiger partial charge in [0, 0.05) is 19.1 Å². The molecule has 2 saturated carbocycles. The molecule has 4 rings (SSSR count). The zero-order chi connectivity index (χ0) is 18.7. The lowest BCUT2D eigenvalue weighted by Crippen LogP contribution is -2.58. The van der Waals surface area contributed by atoms with Crippen LogP contribution >= 0.6 is 0 Å². The monoisotopic (exact) mass is 363 g/mol. The second-order valence-corrected chi connectivity index (χ2v) is 8.87. The first-order chi connectivity index (χ1) is 12.3. The highest BCUT2D eigenvalue weighted by Gasteiger charge is 2.68. The Bertz CT molecular complexity index is 735. The molecule has 1 aromatic carbocycles. The molecule has 0 radical (unpaired) electrons. The summed E-state index contributed by atoms with van der Waals surface area (Å²) in [6, 6.07) is 4.19. The summed E-state index contributed by atoms with van der Waals surface area (Å²) >= 11 is 0. The quantitative estimate of drug-likeness (QED) is 0.866. The number of rotatable bonds is 3. The maximum Gasteiger partial charge on any atom is 0.219 e. The fraction of sp³-hybridized carbons (Fsp3) is 0.667. The van der Waals surface area contributed by atoms with Crippen LogP contribution in [0.1, 0.15) is 58.1 Å². The molecule has 1 spiro atoms. The number of halogens is 2. The highest BCUT2D eigenvalue weighted by molar-refractivity contribution is 5.76. The Hall–Kier alpha value is -1.49. The minimum Gasteiger partial charge on any atom is -0.373 e. The van der Waals surface area contributed by atoms with Crippen molar-refractivity contribution in [1.82, 2.24) is 5.32 Å². The van der Waals surface area contributed by atoms with Crippen LogP contribution in [0.15, 0.2) is 18.2 Å². The van der Waals surface area contributed by atoms with Gasteiger partial charge >= 0.3 is 0 Å². The summed E-state index contributed by atoms with van der Waals surface area (Å²) < 4.78 is 33.2. The number of nitrogens with one attached hydrogen (secondary N) is 1. The standard InChI is InChI=1S/C21H27F2NO2/c1-4-17(25)24-19-20(2,3)13-10-14-18(26-8-7-21(14,19)11-13)12-5-6-15(22)16(23)9-12/h5-6,9,13-14,18-19H,4,7-8,10-11H2,1-3H3,(H,24,25)/t13-,14-,18-,19-,21?/m1/s1. The Morgan fingerprint density at radius 1 is 1.31 bits per heavy atom. The van der Waals surface area contributed by atoms with Crippen molar-refractivity contribution < 1.29 is 18.3 Å². The Labute approximate surface area is 153 Å². The van der Waals surface area contributed by atoms with Crippen molar-refractivity contribution in [1.29, 1.82) is 0 Å². The molecule has 2 aliphatic carbocycles. The molecule has 1 N–H and O–H groups in total. The molecule has 3 nitrogen and oxygen atoms in total. The average Bonchev–Trinajstić information content (AvgIpc) is 3.10. The van der Waals surface area contributed by atoms with Crippen LogP contribution in [-0.4, -0.2) is 18.6 Å². The van der Waals surface area contributed by atoms with Gasteiger partial charge in [-0.05, 0) is 59.6 Å². The Balaban J connectivity index is 1.70. The largest absolute Gasteiger partial charge is 0.373 e. The molecule has 1 aromatic rings. The predicted octanol–water partition coefficient (Wildman–Crippen LogP) is 4.37. The van der Waals surface area contributed by atoms with E-state index < -0.39 is 11.6 Å². The molecular weight excluding hydrogens is 336 g/mol. The van der Waals surface area contributed by atoms with Gasteiger partial charge in [-0.25, -0.2) is 8.78 Å². The normalized spacial score (nSPS) is 37.4. The van der Waals surface area contributed by atoms with E-state index >= 15 is 0 Å². The van der Waals surface area contributed by atoms with Crippen LogP contribution in [0.2, 0.25) is 0 Å². The first-order valence-electron chi connectivity index (χ1n) is 9.65. The number of amides is 1. The number of carbonyl (C=O) groups is 1. The van der Waals surface area contributed by atoms with Gasteiger partial charge < -0.3 is 10.1 Å². The first-order valence-corrected chi connectivity index (χ1v) is 9.65. The van der Waals surface area contributed by atoms with E-state index in [1.54, 1.807) is 6.07 Å². The molecule has 1 amide bonds. The zero-order valence-electron chi connectivity index (χ0n) is 15.6. The van der Waals surface area contributed by atoms with Crippen molar-refractivity contribution in [3.05, 3.63) is 35.4 Å². The average molecular weight is 363 g/mol. The Morgan fingerprint density at radius 2 is 2.08 bits per heavy atom. The van der Waals surface area contributed by atoms with E-state index in [1.807, 2.05) is 6.92 Å². The van der Waals surface area contributed by atoms with Gasteiger partial charge in [-0.2, -0.15) is 0 Å². The molecule has 2 bridgehead atoms. The van der Waals surface area contributed by atoms with Crippen LogP contribution in [0.4, 0.5) is 8.78 Å². The van der Waals surface area contributed by atoms with Crippen molar-refractivity contribution in [2.45, 2.75) is 58.6 Å². The molecule has 1 saturated heterocycles. The van der Waals surface area contributed by atoms with Crippen LogP contribution in [0.3, 0.4) is 0 Å². The molecule has 5 atom stereocenters. The third kappa shape index (κ3) is 2.43. The highest BCUT2D eigenvalue weighted by Crippen LogP contribution is 2.70. The minimum atomic E-state index is -0.832. The van der Waals surface area contributed by atoms with E-state index in [-0.39, 0.29) is 34.8 Å². The molecule has 1 unspecified atom stereocenters. The molecular formula is C21H27F2NO2. The number of ether oxygens (including phenoxy) is 1. The lowest BCUT2D eigenvalue weighted by atomic mass is 9.59. The van der Waals surface area contributed by atoms with E-state index in [9.17, 15) is 13.6 Å². The summed E-state index contributed by atoms with van der Waals surface area (Å²) in [6.07, 6.45) is 3.23. The van der Waals surface area contributed by atoms with Gasteiger partial charge in [0.2, 0.25) is 5.91 Å². The van der Waals surface area contributed by atoms with E-state index in [0.29, 0.717) is 24.5 Å².